The summed E-state index contributed by atoms with van der Waals surface area (Å²) in [5, 5.41) is 31.5. The van der Waals surface area contributed by atoms with Gasteiger partial charge in [0, 0.05) is 35.8 Å². The van der Waals surface area contributed by atoms with Gasteiger partial charge in [-0.2, -0.15) is 0 Å². The van der Waals surface area contributed by atoms with Crippen LogP contribution in [0.5, 0.6) is 0 Å². The second-order valence-electron chi connectivity index (χ2n) is 8.79. The first-order valence-corrected chi connectivity index (χ1v) is 11.6. The molecule has 32 heavy (non-hydrogen) atoms. The van der Waals surface area contributed by atoms with Crippen molar-refractivity contribution in [1.82, 2.24) is 0 Å². The molecule has 6 nitrogen and oxygen atoms in total. The zero-order valence-electron chi connectivity index (χ0n) is 18.7. The molecule has 1 aliphatic heterocycles. The Kier molecular flexibility index (Phi) is 8.95. The van der Waals surface area contributed by atoms with E-state index >= 15 is 0 Å². The minimum absolute atomic E-state index is 0.119. The molecule has 180 valence electrons. The molecule has 8 heteroatoms. The number of hydrogen-bond donors (Lipinski definition) is 3. The summed E-state index contributed by atoms with van der Waals surface area (Å²) >= 11 is 6.60. The van der Waals surface area contributed by atoms with E-state index in [0.29, 0.717) is 31.1 Å². The highest BCUT2D eigenvalue weighted by Crippen LogP contribution is 2.51. The van der Waals surface area contributed by atoms with Crippen molar-refractivity contribution in [2.45, 2.75) is 57.5 Å². The van der Waals surface area contributed by atoms with E-state index in [1.807, 2.05) is 31.2 Å². The second-order valence-corrected chi connectivity index (χ2v) is 9.19. The Morgan fingerprint density at radius 3 is 2.62 bits per heavy atom. The number of ether oxygens (including phenoxy) is 3. The maximum Gasteiger partial charge on any atom is 0.113 e. The SMILES string of the molecule is C[C@@H]1[C@@H](O)[C@H]([C@]2(C)C=CC(Cl)=C2C2=CC=C(OCCCOCCF)CC2)OC(CO)[C@H]1O. The van der Waals surface area contributed by atoms with E-state index in [0.717, 1.165) is 23.3 Å². The normalized spacial score (nSPS) is 35.2. The van der Waals surface area contributed by atoms with E-state index in [9.17, 15) is 19.7 Å². The zero-order chi connectivity index (χ0) is 23.3. The van der Waals surface area contributed by atoms with Gasteiger partial charge in [-0.05, 0) is 36.6 Å². The molecule has 3 N–H and O–H groups in total. The van der Waals surface area contributed by atoms with Crippen molar-refractivity contribution < 1.29 is 33.9 Å². The third kappa shape index (κ3) is 5.29. The maximum atomic E-state index is 12.0. The summed E-state index contributed by atoms with van der Waals surface area (Å²) < 4.78 is 28.9. The molecule has 0 saturated carbocycles. The molecule has 3 aliphatic rings. The van der Waals surface area contributed by atoms with Crippen LogP contribution in [0.1, 0.15) is 33.1 Å². The van der Waals surface area contributed by atoms with Gasteiger partial charge in [-0.25, -0.2) is 4.39 Å². The van der Waals surface area contributed by atoms with Crippen LogP contribution in [0.2, 0.25) is 0 Å². The van der Waals surface area contributed by atoms with Crippen molar-refractivity contribution in [2.75, 3.05) is 33.1 Å². The van der Waals surface area contributed by atoms with Crippen LogP contribution in [0.25, 0.3) is 0 Å². The van der Waals surface area contributed by atoms with Gasteiger partial charge in [0.25, 0.3) is 0 Å². The molecule has 3 rings (SSSR count). The fraction of sp³-hybridized carbons (Fsp3) is 0.667. The highest BCUT2D eigenvalue weighted by molar-refractivity contribution is 6.32. The molecule has 0 aromatic carbocycles. The van der Waals surface area contributed by atoms with E-state index in [-0.39, 0.29) is 13.2 Å². The lowest BCUT2D eigenvalue weighted by Crippen LogP contribution is -2.59. The first kappa shape index (κ1) is 25.4. The fourth-order valence-corrected chi connectivity index (χ4v) is 5.07. The highest BCUT2D eigenvalue weighted by atomic mass is 35.5. The van der Waals surface area contributed by atoms with Gasteiger partial charge in [0.1, 0.15) is 12.8 Å². The third-order valence-corrected chi connectivity index (χ3v) is 6.90. The maximum absolute atomic E-state index is 12.0. The van der Waals surface area contributed by atoms with Crippen LogP contribution in [0, 0.1) is 11.3 Å². The number of hydrogen-bond acceptors (Lipinski definition) is 6. The van der Waals surface area contributed by atoms with Crippen LogP contribution in [-0.4, -0.2) is 72.8 Å². The Balaban J connectivity index is 1.71. The summed E-state index contributed by atoms with van der Waals surface area (Å²) in [5.74, 6) is 0.417. The number of rotatable bonds is 10. The van der Waals surface area contributed by atoms with E-state index in [2.05, 4.69) is 0 Å². The van der Waals surface area contributed by atoms with Crippen LogP contribution in [0.15, 0.2) is 46.2 Å². The Morgan fingerprint density at radius 2 is 1.97 bits per heavy atom. The lowest BCUT2D eigenvalue weighted by atomic mass is 9.69. The first-order valence-electron chi connectivity index (χ1n) is 11.2. The molecule has 0 amide bonds. The minimum atomic E-state index is -0.943. The average molecular weight is 473 g/mol. The van der Waals surface area contributed by atoms with Gasteiger partial charge in [0.2, 0.25) is 0 Å². The van der Waals surface area contributed by atoms with Gasteiger partial charge >= 0.3 is 0 Å². The molecule has 0 aromatic rings. The predicted molar refractivity (Wildman–Crippen MR) is 120 cm³/mol. The molecule has 1 unspecified atom stereocenters. The standard InChI is InChI=1S/C24H34ClFO6/c1-15-21(28)19(14-27)32-23(22(15)29)24(2)9-8-18(25)20(24)16-4-6-17(7-5-16)31-12-3-11-30-13-10-26/h4,6,8-9,15,19,21-23,27-29H,3,5,7,10-14H2,1-2H3/t15-,19?,21-,22+,23+,24+/m0/s1. The van der Waals surface area contributed by atoms with Crippen molar-refractivity contribution in [1.29, 1.82) is 0 Å². The summed E-state index contributed by atoms with van der Waals surface area (Å²) in [6.07, 6.45) is 6.51. The third-order valence-electron chi connectivity index (χ3n) is 6.59. The number of aliphatic hydroxyl groups is 3. The van der Waals surface area contributed by atoms with Crippen LogP contribution >= 0.6 is 11.6 Å². The van der Waals surface area contributed by atoms with Crippen molar-refractivity contribution in [3.05, 3.63) is 46.2 Å². The average Bonchev–Trinajstić information content (AvgIpc) is 3.10. The van der Waals surface area contributed by atoms with E-state index < -0.39 is 42.4 Å². The van der Waals surface area contributed by atoms with Crippen molar-refractivity contribution in [3.63, 3.8) is 0 Å². The van der Waals surface area contributed by atoms with Gasteiger partial charge in [-0.1, -0.05) is 30.7 Å². The van der Waals surface area contributed by atoms with Gasteiger partial charge in [-0.3, -0.25) is 0 Å². The molecule has 0 radical (unpaired) electrons. The molecule has 0 aromatic heterocycles. The van der Waals surface area contributed by atoms with Crippen molar-refractivity contribution in [2.24, 2.45) is 11.3 Å². The summed E-state index contributed by atoms with van der Waals surface area (Å²) in [6.45, 7) is 4.02. The van der Waals surface area contributed by atoms with E-state index in [1.54, 1.807) is 6.92 Å². The molecule has 0 spiro atoms. The largest absolute Gasteiger partial charge is 0.498 e. The summed E-state index contributed by atoms with van der Waals surface area (Å²) in [4.78, 5) is 0. The summed E-state index contributed by atoms with van der Waals surface area (Å²) in [7, 11) is 0. The number of allylic oxidation sites excluding steroid dienone is 6. The first-order chi connectivity index (χ1) is 15.3. The van der Waals surface area contributed by atoms with Crippen molar-refractivity contribution in [3.8, 4) is 0 Å². The molecule has 6 atom stereocenters. The molecular weight excluding hydrogens is 439 g/mol. The molecule has 1 fully saturated rings. The molecular formula is C24H34ClFO6. The Bertz CT molecular complexity index is 776. The van der Waals surface area contributed by atoms with Crippen molar-refractivity contribution >= 4 is 11.6 Å². The topological polar surface area (TPSA) is 88.4 Å². The second kappa shape index (κ2) is 11.3. The van der Waals surface area contributed by atoms with E-state index in [1.165, 1.54) is 0 Å². The smallest absolute Gasteiger partial charge is 0.113 e. The lowest BCUT2D eigenvalue weighted by molar-refractivity contribution is -0.223. The van der Waals surface area contributed by atoms with Gasteiger partial charge in [-0.15, -0.1) is 0 Å². The number of alkyl halides is 1. The van der Waals surface area contributed by atoms with Crippen LogP contribution in [0.4, 0.5) is 4.39 Å². The predicted octanol–water partition coefficient (Wildman–Crippen LogP) is 3.17. The van der Waals surface area contributed by atoms with Gasteiger partial charge in [0.15, 0.2) is 0 Å². The molecule has 2 aliphatic carbocycles. The monoisotopic (exact) mass is 472 g/mol. The van der Waals surface area contributed by atoms with Crippen LogP contribution in [0.3, 0.4) is 0 Å². The molecule has 0 bridgehead atoms. The zero-order valence-corrected chi connectivity index (χ0v) is 19.4. The summed E-state index contributed by atoms with van der Waals surface area (Å²) in [5.41, 5.74) is 1.22. The highest BCUT2D eigenvalue weighted by Gasteiger charge is 2.52. The minimum Gasteiger partial charge on any atom is -0.498 e. The number of halogens is 2. The lowest BCUT2D eigenvalue weighted by Gasteiger charge is -2.48. The molecule has 1 heterocycles. The Hall–Kier alpha value is -1.22. The van der Waals surface area contributed by atoms with Gasteiger partial charge < -0.3 is 29.5 Å². The van der Waals surface area contributed by atoms with Crippen LogP contribution < -0.4 is 0 Å². The Labute approximate surface area is 194 Å². The number of aliphatic hydroxyl groups excluding tert-OH is 3. The summed E-state index contributed by atoms with van der Waals surface area (Å²) in [6, 6.07) is 0. The van der Waals surface area contributed by atoms with E-state index in [4.69, 9.17) is 25.8 Å². The van der Waals surface area contributed by atoms with Crippen LogP contribution in [-0.2, 0) is 14.2 Å². The Morgan fingerprint density at radius 1 is 1.19 bits per heavy atom. The van der Waals surface area contributed by atoms with Gasteiger partial charge in [0.05, 0.1) is 43.9 Å². The quantitative estimate of drug-likeness (QED) is 0.423. The molecule has 1 saturated heterocycles. The fourth-order valence-electron chi connectivity index (χ4n) is 4.69.